The maximum Gasteiger partial charge on any atom is 0.243 e. The Balaban J connectivity index is 1.83. The van der Waals surface area contributed by atoms with Gasteiger partial charge in [-0.3, -0.25) is 9.52 Å². The predicted molar refractivity (Wildman–Crippen MR) is 105 cm³/mol. The normalized spacial score (nSPS) is 17.2. The van der Waals surface area contributed by atoms with Gasteiger partial charge in [0.1, 0.15) is 0 Å². The SMILES string of the molecule is CCC(=O)N1N=C(c2ccc(NS(=O)(=O)CC)cc2)C[C@H]1c1cccs1. The molecule has 0 radical (unpaired) electrons. The zero-order valence-corrected chi connectivity index (χ0v) is 16.3. The minimum atomic E-state index is -3.30. The smallest absolute Gasteiger partial charge is 0.243 e. The largest absolute Gasteiger partial charge is 0.284 e. The molecule has 8 heteroatoms. The molecule has 1 aliphatic rings. The van der Waals surface area contributed by atoms with Gasteiger partial charge in [0.25, 0.3) is 0 Å². The summed E-state index contributed by atoms with van der Waals surface area (Å²) in [7, 11) is -3.30. The molecule has 2 aromatic rings. The molecule has 1 aromatic heterocycles. The number of nitrogens with zero attached hydrogens (tertiary/aromatic N) is 2. The molecule has 6 nitrogen and oxygen atoms in total. The number of thiophene rings is 1. The van der Waals surface area contributed by atoms with Crippen LogP contribution in [0.2, 0.25) is 0 Å². The Hall–Kier alpha value is -2.19. The van der Waals surface area contributed by atoms with Gasteiger partial charge in [-0.15, -0.1) is 11.3 Å². The van der Waals surface area contributed by atoms with E-state index in [0.29, 0.717) is 18.5 Å². The van der Waals surface area contributed by atoms with Crippen LogP contribution in [0.25, 0.3) is 0 Å². The summed E-state index contributed by atoms with van der Waals surface area (Å²) in [5.74, 6) is 0.0172. The second kappa shape index (κ2) is 7.59. The number of anilines is 1. The lowest BCUT2D eigenvalue weighted by Crippen LogP contribution is -2.25. The molecule has 0 bridgehead atoms. The number of carbonyl (C=O) groups is 1. The van der Waals surface area contributed by atoms with Crippen molar-refractivity contribution in [2.24, 2.45) is 5.10 Å². The van der Waals surface area contributed by atoms with E-state index in [2.05, 4.69) is 9.82 Å². The van der Waals surface area contributed by atoms with Gasteiger partial charge in [-0.2, -0.15) is 5.10 Å². The molecule has 0 saturated carbocycles. The number of nitrogens with one attached hydrogen (secondary N) is 1. The maximum atomic E-state index is 12.3. The van der Waals surface area contributed by atoms with Gasteiger partial charge >= 0.3 is 0 Å². The van der Waals surface area contributed by atoms with Crippen LogP contribution in [0.4, 0.5) is 5.69 Å². The first-order valence-corrected chi connectivity index (χ1v) is 11.0. The molecule has 0 aliphatic carbocycles. The van der Waals surface area contributed by atoms with Crippen LogP contribution >= 0.6 is 11.3 Å². The molecule has 138 valence electrons. The van der Waals surface area contributed by atoms with Crippen molar-refractivity contribution in [3.8, 4) is 0 Å². The molecule has 1 aromatic carbocycles. The lowest BCUT2D eigenvalue weighted by Gasteiger charge is -2.19. The van der Waals surface area contributed by atoms with Crippen molar-refractivity contribution in [1.29, 1.82) is 0 Å². The highest BCUT2D eigenvalue weighted by atomic mass is 32.2. The van der Waals surface area contributed by atoms with Crippen molar-refractivity contribution < 1.29 is 13.2 Å². The maximum absolute atomic E-state index is 12.3. The highest BCUT2D eigenvalue weighted by molar-refractivity contribution is 7.92. The summed E-state index contributed by atoms with van der Waals surface area (Å²) in [6, 6.07) is 11.0. The third kappa shape index (κ3) is 3.96. The molecule has 0 fully saturated rings. The first-order valence-electron chi connectivity index (χ1n) is 8.47. The molecular weight excluding hydrogens is 370 g/mol. The van der Waals surface area contributed by atoms with Gasteiger partial charge < -0.3 is 0 Å². The number of hydrazone groups is 1. The molecule has 2 heterocycles. The number of rotatable bonds is 6. The Morgan fingerprint density at radius 2 is 2.00 bits per heavy atom. The van der Waals surface area contributed by atoms with E-state index in [0.717, 1.165) is 16.2 Å². The molecule has 3 rings (SSSR count). The number of amides is 1. The van der Waals surface area contributed by atoms with E-state index in [1.807, 2.05) is 36.6 Å². The highest BCUT2D eigenvalue weighted by Gasteiger charge is 2.32. The van der Waals surface area contributed by atoms with Gasteiger partial charge in [-0.25, -0.2) is 13.4 Å². The van der Waals surface area contributed by atoms with Gasteiger partial charge in [0.15, 0.2) is 0 Å². The van der Waals surface area contributed by atoms with Crippen molar-refractivity contribution in [3.63, 3.8) is 0 Å². The zero-order valence-electron chi connectivity index (χ0n) is 14.7. The molecule has 1 aliphatic heterocycles. The summed E-state index contributed by atoms with van der Waals surface area (Å²) in [5.41, 5.74) is 2.23. The van der Waals surface area contributed by atoms with Crippen LogP contribution in [-0.4, -0.2) is 30.8 Å². The van der Waals surface area contributed by atoms with Crippen molar-refractivity contribution >= 4 is 38.7 Å². The minimum absolute atomic E-state index is 0.00859. The molecule has 1 amide bonds. The Morgan fingerprint density at radius 3 is 2.58 bits per heavy atom. The Bertz CT molecular complexity index is 904. The van der Waals surface area contributed by atoms with E-state index < -0.39 is 10.0 Å². The van der Waals surface area contributed by atoms with Gasteiger partial charge in [-0.1, -0.05) is 25.1 Å². The number of hydrogen-bond acceptors (Lipinski definition) is 5. The van der Waals surface area contributed by atoms with Crippen LogP contribution in [0, 0.1) is 0 Å². The fourth-order valence-corrected chi connectivity index (χ4v) is 4.21. The molecule has 1 atom stereocenters. The number of hydrogen-bond donors (Lipinski definition) is 1. The van der Waals surface area contributed by atoms with Crippen LogP contribution in [-0.2, 0) is 14.8 Å². The lowest BCUT2D eigenvalue weighted by molar-refractivity contribution is -0.132. The third-order valence-electron chi connectivity index (χ3n) is 4.21. The first kappa shape index (κ1) is 18.6. The van der Waals surface area contributed by atoms with Gasteiger partial charge in [0, 0.05) is 23.4 Å². The van der Waals surface area contributed by atoms with Gasteiger partial charge in [0.05, 0.1) is 17.5 Å². The molecule has 1 N–H and O–H groups in total. The number of carbonyl (C=O) groups excluding carboxylic acids is 1. The number of benzene rings is 1. The molecule has 0 spiro atoms. The molecule has 0 saturated heterocycles. The van der Waals surface area contributed by atoms with Crippen molar-refractivity contribution in [2.45, 2.75) is 32.7 Å². The Labute approximate surface area is 157 Å². The van der Waals surface area contributed by atoms with Crippen LogP contribution < -0.4 is 4.72 Å². The van der Waals surface area contributed by atoms with Crippen molar-refractivity contribution in [2.75, 3.05) is 10.5 Å². The zero-order chi connectivity index (χ0) is 18.7. The van der Waals surface area contributed by atoms with E-state index in [1.165, 1.54) is 0 Å². The average molecular weight is 392 g/mol. The summed E-state index contributed by atoms with van der Waals surface area (Å²) >= 11 is 1.62. The number of sulfonamides is 1. The second-order valence-electron chi connectivity index (χ2n) is 5.96. The molecule has 26 heavy (non-hydrogen) atoms. The molecular formula is C18H21N3O3S2. The van der Waals surface area contributed by atoms with E-state index in [1.54, 1.807) is 35.4 Å². The van der Waals surface area contributed by atoms with E-state index in [4.69, 9.17) is 0 Å². The van der Waals surface area contributed by atoms with E-state index in [9.17, 15) is 13.2 Å². The summed E-state index contributed by atoms with van der Waals surface area (Å²) in [6.45, 7) is 3.42. The third-order valence-corrected chi connectivity index (χ3v) is 6.49. The summed E-state index contributed by atoms with van der Waals surface area (Å²) in [5, 5.41) is 8.13. The van der Waals surface area contributed by atoms with E-state index in [-0.39, 0.29) is 17.7 Å². The summed E-state index contributed by atoms with van der Waals surface area (Å²) < 4.78 is 25.8. The minimum Gasteiger partial charge on any atom is -0.284 e. The van der Waals surface area contributed by atoms with Crippen molar-refractivity contribution in [1.82, 2.24) is 5.01 Å². The summed E-state index contributed by atoms with van der Waals surface area (Å²) in [6.07, 6.45) is 1.04. The fourth-order valence-electron chi connectivity index (χ4n) is 2.76. The van der Waals surface area contributed by atoms with Crippen LogP contribution in [0.1, 0.15) is 43.2 Å². The fraction of sp³-hybridized carbons (Fsp3) is 0.333. The summed E-state index contributed by atoms with van der Waals surface area (Å²) in [4.78, 5) is 13.4. The second-order valence-corrected chi connectivity index (χ2v) is 8.95. The van der Waals surface area contributed by atoms with Crippen LogP contribution in [0.5, 0.6) is 0 Å². The topological polar surface area (TPSA) is 78.8 Å². The standard InChI is InChI=1S/C18H21N3O3S2/c1-3-18(22)21-16(17-6-5-11-25-17)12-15(19-21)13-7-9-14(10-8-13)20-26(23,24)4-2/h5-11,16,20H,3-4,12H2,1-2H3/t16-/m0/s1. The van der Waals surface area contributed by atoms with Crippen molar-refractivity contribution in [3.05, 3.63) is 52.2 Å². The van der Waals surface area contributed by atoms with Gasteiger partial charge in [-0.05, 0) is 36.1 Å². The Kier molecular flexibility index (Phi) is 5.43. The first-order chi connectivity index (χ1) is 12.4. The van der Waals surface area contributed by atoms with Crippen LogP contribution in [0.15, 0.2) is 46.9 Å². The quantitative estimate of drug-likeness (QED) is 0.817. The van der Waals surface area contributed by atoms with Gasteiger partial charge in [0.2, 0.25) is 15.9 Å². The average Bonchev–Trinajstić information content (AvgIpc) is 3.31. The predicted octanol–water partition coefficient (Wildman–Crippen LogP) is 3.60. The van der Waals surface area contributed by atoms with E-state index >= 15 is 0 Å². The Morgan fingerprint density at radius 1 is 1.27 bits per heavy atom. The lowest BCUT2D eigenvalue weighted by atomic mass is 10.0. The van der Waals surface area contributed by atoms with Crippen LogP contribution in [0.3, 0.4) is 0 Å². The monoisotopic (exact) mass is 391 g/mol. The highest BCUT2D eigenvalue weighted by Crippen LogP contribution is 2.35. The molecule has 0 unspecified atom stereocenters.